The summed E-state index contributed by atoms with van der Waals surface area (Å²) >= 11 is 5.92. The van der Waals surface area contributed by atoms with Gasteiger partial charge in [0, 0.05) is 27.6 Å². The summed E-state index contributed by atoms with van der Waals surface area (Å²) in [5.74, 6) is -0.292. The summed E-state index contributed by atoms with van der Waals surface area (Å²) in [5.41, 5.74) is 2.21. The summed E-state index contributed by atoms with van der Waals surface area (Å²) in [6.07, 6.45) is 0. The maximum atomic E-state index is 12.4. The molecule has 3 amide bonds. The number of carbonyl (C=O) groups is 2. The van der Waals surface area contributed by atoms with E-state index in [1.807, 2.05) is 18.2 Å². The average Bonchev–Trinajstić information content (AvgIpc) is 2.62. The van der Waals surface area contributed by atoms with Gasteiger partial charge >= 0.3 is 6.03 Å². The van der Waals surface area contributed by atoms with Crippen LogP contribution in [0, 0.1) is 0 Å². The summed E-state index contributed by atoms with van der Waals surface area (Å²) in [6, 6.07) is 22.3. The van der Waals surface area contributed by atoms with Gasteiger partial charge in [0.25, 0.3) is 5.91 Å². The van der Waals surface area contributed by atoms with Crippen molar-refractivity contribution in [2.75, 3.05) is 16.0 Å². The van der Waals surface area contributed by atoms with Crippen LogP contribution in [0.5, 0.6) is 0 Å². The summed E-state index contributed by atoms with van der Waals surface area (Å²) < 4.78 is 0. The van der Waals surface area contributed by atoms with Crippen molar-refractivity contribution in [3.05, 3.63) is 89.4 Å². The van der Waals surface area contributed by atoms with E-state index in [-0.39, 0.29) is 11.9 Å². The first kappa shape index (κ1) is 17.5. The lowest BCUT2D eigenvalue weighted by molar-refractivity contribution is 0.102. The van der Waals surface area contributed by atoms with Crippen LogP contribution >= 0.6 is 11.6 Å². The SMILES string of the molecule is O=C(Nc1ccccc1)Nc1cccc(C(=O)Nc2cccc(Cl)c2)c1. The van der Waals surface area contributed by atoms with E-state index in [9.17, 15) is 9.59 Å². The van der Waals surface area contributed by atoms with Crippen LogP contribution in [0.4, 0.5) is 21.9 Å². The summed E-state index contributed by atoms with van der Waals surface area (Å²) in [5, 5.41) is 8.73. The van der Waals surface area contributed by atoms with Gasteiger partial charge in [-0.15, -0.1) is 0 Å². The molecular weight excluding hydrogens is 350 g/mol. The van der Waals surface area contributed by atoms with Gasteiger partial charge in [0.1, 0.15) is 0 Å². The predicted molar refractivity (Wildman–Crippen MR) is 105 cm³/mol. The molecule has 26 heavy (non-hydrogen) atoms. The minimum atomic E-state index is -0.386. The summed E-state index contributed by atoms with van der Waals surface area (Å²) in [6.45, 7) is 0. The molecule has 3 aromatic carbocycles. The van der Waals surface area contributed by atoms with Crippen molar-refractivity contribution in [2.24, 2.45) is 0 Å². The average molecular weight is 366 g/mol. The molecule has 0 aliphatic carbocycles. The Morgan fingerprint density at radius 2 is 1.27 bits per heavy atom. The molecule has 0 aliphatic rings. The van der Waals surface area contributed by atoms with Crippen molar-refractivity contribution in [2.45, 2.75) is 0 Å². The fraction of sp³-hybridized carbons (Fsp3) is 0. The molecule has 0 fully saturated rings. The lowest BCUT2D eigenvalue weighted by atomic mass is 10.2. The zero-order valence-corrected chi connectivity index (χ0v) is 14.5. The van der Waals surface area contributed by atoms with Crippen LogP contribution in [0.15, 0.2) is 78.9 Å². The third-order valence-corrected chi connectivity index (χ3v) is 3.73. The zero-order valence-electron chi connectivity index (χ0n) is 13.7. The molecular formula is C20H16ClN3O2. The molecule has 0 unspecified atom stereocenters. The van der Waals surface area contributed by atoms with Gasteiger partial charge in [0.15, 0.2) is 0 Å². The summed E-state index contributed by atoms with van der Waals surface area (Å²) in [7, 11) is 0. The quantitative estimate of drug-likeness (QED) is 0.592. The highest BCUT2D eigenvalue weighted by Gasteiger charge is 2.09. The van der Waals surface area contributed by atoms with Crippen molar-refractivity contribution in [3.8, 4) is 0 Å². The predicted octanol–water partition coefficient (Wildman–Crippen LogP) is 5.24. The van der Waals surface area contributed by atoms with Crippen LogP contribution in [0.1, 0.15) is 10.4 Å². The van der Waals surface area contributed by atoms with E-state index >= 15 is 0 Å². The Hall–Kier alpha value is -3.31. The largest absolute Gasteiger partial charge is 0.323 e. The van der Waals surface area contributed by atoms with E-state index < -0.39 is 0 Å². The topological polar surface area (TPSA) is 70.2 Å². The van der Waals surface area contributed by atoms with Crippen molar-refractivity contribution >= 4 is 40.6 Å². The van der Waals surface area contributed by atoms with E-state index in [2.05, 4.69) is 16.0 Å². The van der Waals surface area contributed by atoms with E-state index in [0.29, 0.717) is 27.6 Å². The number of benzene rings is 3. The standard InChI is InChI=1S/C20H16ClN3O2/c21-15-7-5-11-18(13-15)22-19(25)14-6-4-10-17(12-14)24-20(26)23-16-8-2-1-3-9-16/h1-13H,(H,22,25)(H2,23,24,26). The van der Waals surface area contributed by atoms with E-state index in [4.69, 9.17) is 11.6 Å². The number of anilines is 3. The maximum absolute atomic E-state index is 12.4. The summed E-state index contributed by atoms with van der Waals surface area (Å²) in [4.78, 5) is 24.4. The van der Waals surface area contributed by atoms with Crippen molar-refractivity contribution < 1.29 is 9.59 Å². The second-order valence-electron chi connectivity index (χ2n) is 5.49. The van der Waals surface area contributed by atoms with Crippen molar-refractivity contribution in [1.82, 2.24) is 0 Å². The first-order chi connectivity index (χ1) is 12.6. The number of nitrogens with one attached hydrogen (secondary N) is 3. The van der Waals surface area contributed by atoms with Gasteiger partial charge < -0.3 is 16.0 Å². The molecule has 0 aromatic heterocycles. The van der Waals surface area contributed by atoms with Crippen LogP contribution in [0.25, 0.3) is 0 Å². The zero-order chi connectivity index (χ0) is 18.4. The molecule has 130 valence electrons. The number of halogens is 1. The molecule has 5 nitrogen and oxygen atoms in total. The number of amides is 3. The van der Waals surface area contributed by atoms with Gasteiger partial charge in [-0.05, 0) is 48.5 Å². The van der Waals surface area contributed by atoms with Crippen LogP contribution in [0.3, 0.4) is 0 Å². The Kier molecular flexibility index (Phi) is 5.51. The highest BCUT2D eigenvalue weighted by Crippen LogP contribution is 2.17. The fourth-order valence-corrected chi connectivity index (χ4v) is 2.51. The molecule has 0 spiro atoms. The van der Waals surface area contributed by atoms with Crippen molar-refractivity contribution in [3.63, 3.8) is 0 Å². The molecule has 0 bridgehead atoms. The van der Waals surface area contributed by atoms with Gasteiger partial charge in [0.2, 0.25) is 0 Å². The number of hydrogen-bond donors (Lipinski definition) is 3. The van der Waals surface area contributed by atoms with Gasteiger partial charge in [-0.2, -0.15) is 0 Å². The number of para-hydroxylation sites is 1. The lowest BCUT2D eigenvalue weighted by Gasteiger charge is -2.10. The molecule has 0 heterocycles. The molecule has 0 aliphatic heterocycles. The molecule has 6 heteroatoms. The molecule has 0 saturated carbocycles. The highest BCUT2D eigenvalue weighted by molar-refractivity contribution is 6.31. The Morgan fingerprint density at radius 1 is 0.654 bits per heavy atom. The fourth-order valence-electron chi connectivity index (χ4n) is 2.32. The van der Waals surface area contributed by atoms with Gasteiger partial charge in [-0.3, -0.25) is 4.79 Å². The first-order valence-electron chi connectivity index (χ1n) is 7.90. The van der Waals surface area contributed by atoms with E-state index in [1.54, 1.807) is 60.7 Å². The molecule has 0 saturated heterocycles. The van der Waals surface area contributed by atoms with E-state index in [1.165, 1.54) is 0 Å². The number of hydrogen-bond acceptors (Lipinski definition) is 2. The van der Waals surface area contributed by atoms with E-state index in [0.717, 1.165) is 0 Å². The Labute approximate surface area is 156 Å². The molecule has 3 aromatic rings. The van der Waals surface area contributed by atoms with Gasteiger partial charge in [0.05, 0.1) is 0 Å². The van der Waals surface area contributed by atoms with Crippen LogP contribution < -0.4 is 16.0 Å². The highest BCUT2D eigenvalue weighted by atomic mass is 35.5. The lowest BCUT2D eigenvalue weighted by Crippen LogP contribution is -2.20. The second kappa shape index (κ2) is 8.18. The van der Waals surface area contributed by atoms with Crippen LogP contribution in [0.2, 0.25) is 5.02 Å². The molecule has 3 rings (SSSR count). The van der Waals surface area contributed by atoms with Crippen LogP contribution in [-0.4, -0.2) is 11.9 Å². The normalized spacial score (nSPS) is 10.0. The number of urea groups is 1. The smallest absolute Gasteiger partial charge is 0.322 e. The van der Waals surface area contributed by atoms with Gasteiger partial charge in [-0.1, -0.05) is 41.9 Å². The third kappa shape index (κ3) is 4.84. The second-order valence-corrected chi connectivity index (χ2v) is 5.93. The molecule has 0 radical (unpaired) electrons. The Morgan fingerprint density at radius 3 is 2.00 bits per heavy atom. The Bertz CT molecular complexity index is 929. The number of carbonyl (C=O) groups excluding carboxylic acids is 2. The number of rotatable bonds is 4. The first-order valence-corrected chi connectivity index (χ1v) is 8.28. The third-order valence-electron chi connectivity index (χ3n) is 3.50. The van der Waals surface area contributed by atoms with Crippen molar-refractivity contribution in [1.29, 1.82) is 0 Å². The van der Waals surface area contributed by atoms with Gasteiger partial charge in [-0.25, -0.2) is 4.79 Å². The maximum Gasteiger partial charge on any atom is 0.323 e. The monoisotopic (exact) mass is 365 g/mol. The minimum absolute atomic E-state index is 0.292. The molecule has 3 N–H and O–H groups in total. The Balaban J connectivity index is 1.65. The molecule has 0 atom stereocenters. The minimum Gasteiger partial charge on any atom is -0.322 e. The van der Waals surface area contributed by atoms with Crippen LogP contribution in [-0.2, 0) is 0 Å².